The molecule has 1 aliphatic heterocycles. The maximum atomic E-state index is 11.3. The van der Waals surface area contributed by atoms with Crippen LogP contribution in [0, 0.1) is 10.1 Å². The number of carboxylic acid groups (broad SMARTS) is 1. The number of fused-ring (bicyclic) bond motifs is 1. The van der Waals surface area contributed by atoms with E-state index >= 15 is 0 Å². The fourth-order valence-electron chi connectivity index (χ4n) is 2.06. The maximum absolute atomic E-state index is 11.3. The molecule has 25 heavy (non-hydrogen) atoms. The lowest BCUT2D eigenvalue weighted by atomic mass is 10.1. The highest BCUT2D eigenvalue weighted by Gasteiger charge is 2.24. The van der Waals surface area contributed by atoms with Gasteiger partial charge in [0.25, 0.3) is 5.69 Å². The van der Waals surface area contributed by atoms with Crippen LogP contribution >= 0.6 is 0 Å². The van der Waals surface area contributed by atoms with E-state index in [0.717, 1.165) is 12.1 Å². The summed E-state index contributed by atoms with van der Waals surface area (Å²) in [5.41, 5.74) is -1.05. The second kappa shape index (κ2) is 9.77. The van der Waals surface area contributed by atoms with Crippen LogP contribution in [0.4, 0.5) is 5.69 Å². The van der Waals surface area contributed by atoms with Gasteiger partial charge in [0.15, 0.2) is 11.5 Å². The van der Waals surface area contributed by atoms with Gasteiger partial charge in [-0.25, -0.2) is 4.79 Å². The smallest absolute Gasteiger partial charge is 0.342 e. The lowest BCUT2D eigenvalue weighted by molar-refractivity contribution is -0.385. The molecule has 0 spiro atoms. The summed E-state index contributed by atoms with van der Waals surface area (Å²) in [5, 5.41) is 20.3. The number of nitro groups is 1. The zero-order valence-corrected chi connectivity index (χ0v) is 13.5. The molecule has 1 aliphatic rings. The molecule has 1 aromatic carbocycles. The average Bonchev–Trinajstić information content (AvgIpc) is 2.59. The Balaban J connectivity index is 2.22. The number of ether oxygens (including phenoxy) is 5. The normalized spacial score (nSPS) is 17.1. The molecule has 2 rings (SSSR count). The fraction of sp³-hybridized carbons (Fsp3) is 0.533. The van der Waals surface area contributed by atoms with Crippen LogP contribution in [0.15, 0.2) is 12.1 Å². The molecule has 138 valence electrons. The largest absolute Gasteiger partial charge is 0.487 e. The topological polar surface area (TPSA) is 127 Å². The summed E-state index contributed by atoms with van der Waals surface area (Å²) in [4.78, 5) is 21.6. The predicted molar refractivity (Wildman–Crippen MR) is 83.5 cm³/mol. The first kappa shape index (κ1) is 18.9. The second-order valence-electron chi connectivity index (χ2n) is 4.91. The van der Waals surface area contributed by atoms with Crippen molar-refractivity contribution in [3.8, 4) is 11.5 Å². The summed E-state index contributed by atoms with van der Waals surface area (Å²) < 4.78 is 26.8. The van der Waals surface area contributed by atoms with Crippen LogP contribution in [0.2, 0.25) is 0 Å². The zero-order chi connectivity index (χ0) is 18.1. The summed E-state index contributed by atoms with van der Waals surface area (Å²) >= 11 is 0. The Morgan fingerprint density at radius 2 is 1.32 bits per heavy atom. The molecule has 10 heteroatoms. The number of hydrogen-bond acceptors (Lipinski definition) is 8. The van der Waals surface area contributed by atoms with Gasteiger partial charge in [-0.2, -0.15) is 0 Å². The molecular weight excluding hydrogens is 338 g/mol. The molecule has 0 radical (unpaired) electrons. The van der Waals surface area contributed by atoms with Crippen molar-refractivity contribution in [1.29, 1.82) is 0 Å². The number of rotatable bonds is 2. The van der Waals surface area contributed by atoms with Crippen molar-refractivity contribution in [2.45, 2.75) is 0 Å². The summed E-state index contributed by atoms with van der Waals surface area (Å²) in [6, 6.07) is 2.12. The van der Waals surface area contributed by atoms with E-state index in [4.69, 9.17) is 28.8 Å². The molecule has 0 bridgehead atoms. The van der Waals surface area contributed by atoms with Crippen molar-refractivity contribution < 1.29 is 38.5 Å². The van der Waals surface area contributed by atoms with Crippen LogP contribution in [-0.2, 0) is 14.2 Å². The Hall–Kier alpha value is -2.43. The number of aromatic carboxylic acids is 1. The first-order valence-corrected chi connectivity index (χ1v) is 7.64. The van der Waals surface area contributed by atoms with Gasteiger partial charge in [0.05, 0.1) is 50.6 Å². The van der Waals surface area contributed by atoms with Crippen LogP contribution < -0.4 is 9.47 Å². The minimum Gasteiger partial charge on any atom is -0.487 e. The summed E-state index contributed by atoms with van der Waals surface area (Å²) in [7, 11) is 0. The molecule has 0 fully saturated rings. The molecule has 1 N–H and O–H groups in total. The average molecular weight is 357 g/mol. The van der Waals surface area contributed by atoms with Gasteiger partial charge in [-0.05, 0) is 0 Å². The highest BCUT2D eigenvalue weighted by atomic mass is 16.6. The number of carboxylic acids is 1. The molecule has 0 atom stereocenters. The molecule has 1 heterocycles. The van der Waals surface area contributed by atoms with Gasteiger partial charge < -0.3 is 28.8 Å². The van der Waals surface area contributed by atoms with E-state index in [1.807, 2.05) is 0 Å². The molecule has 0 aromatic heterocycles. The van der Waals surface area contributed by atoms with Crippen LogP contribution in [-0.4, -0.2) is 68.9 Å². The highest BCUT2D eigenvalue weighted by molar-refractivity contribution is 5.93. The number of nitro benzene ring substituents is 1. The van der Waals surface area contributed by atoms with Gasteiger partial charge in [-0.3, -0.25) is 10.1 Å². The third-order valence-corrected chi connectivity index (χ3v) is 3.20. The van der Waals surface area contributed by atoms with Crippen LogP contribution in [0.25, 0.3) is 0 Å². The van der Waals surface area contributed by atoms with Crippen molar-refractivity contribution in [3.63, 3.8) is 0 Å². The Bertz CT molecular complexity index is 554. The van der Waals surface area contributed by atoms with Crippen LogP contribution in [0.1, 0.15) is 10.4 Å². The number of hydrogen-bond donors (Lipinski definition) is 1. The van der Waals surface area contributed by atoms with E-state index in [1.54, 1.807) is 0 Å². The first-order valence-electron chi connectivity index (χ1n) is 7.64. The van der Waals surface area contributed by atoms with Crippen molar-refractivity contribution in [1.82, 2.24) is 0 Å². The molecule has 10 nitrogen and oxygen atoms in total. The molecule has 0 saturated heterocycles. The molecule has 0 aliphatic carbocycles. The predicted octanol–water partition coefficient (Wildman–Crippen LogP) is 1.11. The summed E-state index contributed by atoms with van der Waals surface area (Å²) in [6.07, 6.45) is 0. The lowest BCUT2D eigenvalue weighted by Crippen LogP contribution is -2.13. The van der Waals surface area contributed by atoms with Crippen molar-refractivity contribution in [2.24, 2.45) is 0 Å². The van der Waals surface area contributed by atoms with E-state index < -0.39 is 22.1 Å². The van der Waals surface area contributed by atoms with Crippen LogP contribution in [0.3, 0.4) is 0 Å². The second-order valence-corrected chi connectivity index (χ2v) is 4.91. The van der Waals surface area contributed by atoms with E-state index in [-0.39, 0.29) is 37.9 Å². The van der Waals surface area contributed by atoms with E-state index in [1.165, 1.54) is 0 Å². The molecule has 1 aromatic rings. The van der Waals surface area contributed by atoms with Gasteiger partial charge in [0.1, 0.15) is 18.8 Å². The van der Waals surface area contributed by atoms with Gasteiger partial charge >= 0.3 is 5.97 Å². The Labute approximate surface area is 143 Å². The number of carbonyl (C=O) groups is 1. The first-order chi connectivity index (χ1) is 12.1. The number of benzene rings is 1. The Morgan fingerprint density at radius 1 is 0.880 bits per heavy atom. The molecular formula is C15H19NO9. The molecule has 0 unspecified atom stereocenters. The maximum Gasteiger partial charge on any atom is 0.342 e. The fourth-order valence-corrected chi connectivity index (χ4v) is 2.06. The summed E-state index contributed by atoms with van der Waals surface area (Å²) in [5.74, 6) is -1.25. The third-order valence-electron chi connectivity index (χ3n) is 3.20. The van der Waals surface area contributed by atoms with Gasteiger partial charge in [0, 0.05) is 6.07 Å². The Kier molecular flexibility index (Phi) is 7.38. The lowest BCUT2D eigenvalue weighted by Gasteiger charge is -2.13. The monoisotopic (exact) mass is 357 g/mol. The Morgan fingerprint density at radius 3 is 1.76 bits per heavy atom. The van der Waals surface area contributed by atoms with E-state index in [0.29, 0.717) is 26.4 Å². The minimum atomic E-state index is -1.43. The quantitative estimate of drug-likeness (QED) is 0.611. The molecule has 0 amide bonds. The van der Waals surface area contributed by atoms with Crippen molar-refractivity contribution in [3.05, 3.63) is 27.8 Å². The van der Waals surface area contributed by atoms with E-state index in [9.17, 15) is 14.9 Å². The van der Waals surface area contributed by atoms with Gasteiger partial charge in [-0.1, -0.05) is 0 Å². The molecule has 0 saturated carbocycles. The zero-order valence-electron chi connectivity index (χ0n) is 13.5. The minimum absolute atomic E-state index is 0.0754. The van der Waals surface area contributed by atoms with Gasteiger partial charge in [-0.15, -0.1) is 0 Å². The van der Waals surface area contributed by atoms with Crippen molar-refractivity contribution in [2.75, 3.05) is 52.9 Å². The number of nitrogens with zero attached hydrogens (tertiary/aromatic N) is 1. The van der Waals surface area contributed by atoms with Crippen LogP contribution in [0.5, 0.6) is 11.5 Å². The highest BCUT2D eigenvalue weighted by Crippen LogP contribution is 2.35. The van der Waals surface area contributed by atoms with Crippen molar-refractivity contribution >= 4 is 11.7 Å². The standard InChI is InChI=1S/C15H19NO9/c17-15(18)11-9-13-14(10-12(11)16(19)20)25-8-6-23-4-2-21-1-3-22-5-7-24-13/h9-10H,1-8H2,(H,17,18). The SMILES string of the molecule is O=C(O)c1cc2c(cc1[N+](=O)[O-])OCCOCCOCCOCCO2. The van der Waals surface area contributed by atoms with Gasteiger partial charge in [0.2, 0.25) is 0 Å². The summed E-state index contributed by atoms with van der Waals surface area (Å²) in [6.45, 7) is 2.35. The van der Waals surface area contributed by atoms with E-state index in [2.05, 4.69) is 0 Å². The third kappa shape index (κ3) is 5.85.